The van der Waals surface area contributed by atoms with E-state index in [-0.39, 0.29) is 0 Å². The Hall–Kier alpha value is -1.47. The average molecular weight is 341 g/mol. The van der Waals surface area contributed by atoms with Crippen molar-refractivity contribution in [3.05, 3.63) is 53.9 Å². The van der Waals surface area contributed by atoms with Crippen LogP contribution in [-0.2, 0) is 12.3 Å². The summed E-state index contributed by atoms with van der Waals surface area (Å²) in [7, 11) is 0. The van der Waals surface area contributed by atoms with Crippen molar-refractivity contribution in [3.63, 3.8) is 0 Å². The molecule has 0 spiro atoms. The topological polar surface area (TPSA) is 53.1 Å². The molecule has 5 nitrogen and oxygen atoms in total. The quantitative estimate of drug-likeness (QED) is 0.641. The molecule has 2 aliphatic heterocycles. The molecule has 0 amide bonds. The number of nitrogens with zero attached hydrogens (tertiary/aromatic N) is 3. The molecule has 0 saturated carbocycles. The lowest BCUT2D eigenvalue weighted by Gasteiger charge is -2.33. The van der Waals surface area contributed by atoms with Crippen molar-refractivity contribution in [3.8, 4) is 0 Å². The fourth-order valence-corrected chi connectivity index (χ4v) is 4.19. The first-order chi connectivity index (χ1) is 11.9. The first-order valence-corrected chi connectivity index (χ1v) is 9.54. The molecule has 0 radical (unpaired) electrons. The lowest BCUT2D eigenvalue weighted by molar-refractivity contribution is 0.160. The Labute approximate surface area is 147 Å². The van der Waals surface area contributed by atoms with E-state index < -0.39 is 0 Å². The van der Waals surface area contributed by atoms with E-state index in [0.29, 0.717) is 6.04 Å². The molecule has 6 heteroatoms. The van der Waals surface area contributed by atoms with Crippen LogP contribution in [0.25, 0.3) is 0 Å². The zero-order valence-corrected chi connectivity index (χ0v) is 14.5. The second kappa shape index (κ2) is 7.61. The molecule has 2 aliphatic rings. The Bertz CT molecular complexity index is 648. The third-order valence-electron chi connectivity index (χ3n) is 4.77. The molecule has 2 saturated heterocycles. The number of aromatic nitrogens is 2. The van der Waals surface area contributed by atoms with E-state index in [1.807, 2.05) is 18.5 Å². The number of hydrazine groups is 1. The van der Waals surface area contributed by atoms with Gasteiger partial charge >= 0.3 is 0 Å². The molecule has 4 rings (SSSR count). The largest absolute Gasteiger partial charge is 0.299 e. The SMILES string of the molecule is c1ccc(CSc2ncc(CN3CCC4NNCC4C3)cn2)cc1. The Balaban J connectivity index is 1.29. The molecule has 24 heavy (non-hydrogen) atoms. The van der Waals surface area contributed by atoms with Crippen molar-refractivity contribution in [2.45, 2.75) is 29.9 Å². The third-order valence-corrected chi connectivity index (χ3v) is 5.72. The van der Waals surface area contributed by atoms with Crippen molar-refractivity contribution in [2.75, 3.05) is 19.6 Å². The van der Waals surface area contributed by atoms with Crippen molar-refractivity contribution in [1.29, 1.82) is 0 Å². The maximum absolute atomic E-state index is 4.53. The number of thioether (sulfide) groups is 1. The van der Waals surface area contributed by atoms with Gasteiger partial charge in [0.25, 0.3) is 0 Å². The first kappa shape index (κ1) is 16.0. The van der Waals surface area contributed by atoms with Gasteiger partial charge in [-0.25, -0.2) is 9.97 Å². The monoisotopic (exact) mass is 341 g/mol. The van der Waals surface area contributed by atoms with Gasteiger partial charge in [-0.15, -0.1) is 0 Å². The van der Waals surface area contributed by atoms with Crippen LogP contribution in [0.15, 0.2) is 47.9 Å². The predicted molar refractivity (Wildman–Crippen MR) is 96.3 cm³/mol. The number of piperidine rings is 1. The molecule has 1 aromatic carbocycles. The van der Waals surface area contributed by atoms with Gasteiger partial charge in [-0.3, -0.25) is 15.8 Å². The fraction of sp³-hybridized carbons (Fsp3) is 0.444. The first-order valence-electron chi connectivity index (χ1n) is 8.55. The van der Waals surface area contributed by atoms with Crippen LogP contribution in [0.3, 0.4) is 0 Å². The summed E-state index contributed by atoms with van der Waals surface area (Å²) < 4.78 is 0. The summed E-state index contributed by atoms with van der Waals surface area (Å²) in [6, 6.07) is 11.1. The fourth-order valence-electron chi connectivity index (χ4n) is 3.45. The van der Waals surface area contributed by atoms with E-state index in [9.17, 15) is 0 Å². The number of benzene rings is 1. The highest BCUT2D eigenvalue weighted by Gasteiger charge is 2.32. The summed E-state index contributed by atoms with van der Waals surface area (Å²) >= 11 is 1.69. The summed E-state index contributed by atoms with van der Waals surface area (Å²) in [4.78, 5) is 11.6. The van der Waals surface area contributed by atoms with E-state index >= 15 is 0 Å². The molecule has 126 valence electrons. The highest BCUT2D eigenvalue weighted by molar-refractivity contribution is 7.98. The number of likely N-dealkylation sites (tertiary alicyclic amines) is 1. The molecular formula is C18H23N5S. The third kappa shape index (κ3) is 3.95. The van der Waals surface area contributed by atoms with Crippen LogP contribution in [-0.4, -0.2) is 40.5 Å². The van der Waals surface area contributed by atoms with Gasteiger partial charge < -0.3 is 0 Å². The smallest absolute Gasteiger partial charge is 0.187 e. The predicted octanol–water partition coefficient (Wildman–Crippen LogP) is 2.07. The Kier molecular flexibility index (Phi) is 5.08. The normalized spacial score (nSPS) is 24.0. The van der Waals surface area contributed by atoms with Gasteiger partial charge in [-0.05, 0) is 12.0 Å². The van der Waals surface area contributed by atoms with Crippen molar-refractivity contribution >= 4 is 11.8 Å². The molecule has 2 aromatic rings. The summed E-state index contributed by atoms with van der Waals surface area (Å²) in [6.45, 7) is 4.31. The Morgan fingerprint density at radius 1 is 1.12 bits per heavy atom. The Morgan fingerprint density at radius 2 is 1.96 bits per heavy atom. The van der Waals surface area contributed by atoms with E-state index in [1.165, 1.54) is 17.5 Å². The molecular weight excluding hydrogens is 318 g/mol. The van der Waals surface area contributed by atoms with Gasteiger partial charge in [0, 0.05) is 61.8 Å². The molecule has 2 atom stereocenters. The van der Waals surface area contributed by atoms with Crippen molar-refractivity contribution in [1.82, 2.24) is 25.7 Å². The number of hydrogen-bond acceptors (Lipinski definition) is 6. The minimum atomic E-state index is 0.647. The molecule has 0 aliphatic carbocycles. The van der Waals surface area contributed by atoms with Crippen LogP contribution in [0, 0.1) is 5.92 Å². The minimum absolute atomic E-state index is 0.647. The average Bonchev–Trinajstić information content (AvgIpc) is 3.10. The van der Waals surface area contributed by atoms with Crippen LogP contribution in [0.2, 0.25) is 0 Å². The van der Waals surface area contributed by atoms with E-state index in [0.717, 1.165) is 43.0 Å². The molecule has 3 heterocycles. The number of nitrogens with one attached hydrogen (secondary N) is 2. The standard InChI is InChI=1S/C18H23N5S/c1-2-4-14(5-3-1)13-24-18-19-8-15(9-20-18)11-23-7-6-17-16(12-23)10-21-22-17/h1-5,8-9,16-17,21-22H,6-7,10-13H2. The van der Waals surface area contributed by atoms with E-state index in [2.05, 4.69) is 50.0 Å². The highest BCUT2D eigenvalue weighted by Crippen LogP contribution is 2.22. The summed E-state index contributed by atoms with van der Waals surface area (Å²) in [6.07, 6.45) is 5.18. The number of fused-ring (bicyclic) bond motifs is 1. The summed E-state index contributed by atoms with van der Waals surface area (Å²) in [5.41, 5.74) is 9.16. The van der Waals surface area contributed by atoms with Crippen LogP contribution in [0.4, 0.5) is 0 Å². The molecule has 1 aromatic heterocycles. The minimum Gasteiger partial charge on any atom is -0.299 e. The second-order valence-electron chi connectivity index (χ2n) is 6.56. The van der Waals surface area contributed by atoms with Crippen LogP contribution in [0.5, 0.6) is 0 Å². The van der Waals surface area contributed by atoms with Crippen molar-refractivity contribution < 1.29 is 0 Å². The van der Waals surface area contributed by atoms with Gasteiger partial charge in [0.2, 0.25) is 0 Å². The van der Waals surface area contributed by atoms with E-state index in [1.54, 1.807) is 11.8 Å². The van der Waals surface area contributed by atoms with Gasteiger partial charge in [0.15, 0.2) is 5.16 Å². The molecule has 0 bridgehead atoms. The lowest BCUT2D eigenvalue weighted by Crippen LogP contribution is -2.44. The zero-order chi connectivity index (χ0) is 16.2. The van der Waals surface area contributed by atoms with Crippen LogP contribution >= 0.6 is 11.8 Å². The number of hydrogen-bond donors (Lipinski definition) is 2. The highest BCUT2D eigenvalue weighted by atomic mass is 32.2. The maximum Gasteiger partial charge on any atom is 0.187 e. The molecule has 2 fully saturated rings. The molecule has 2 unspecified atom stereocenters. The molecule has 2 N–H and O–H groups in total. The van der Waals surface area contributed by atoms with Gasteiger partial charge in [-0.1, -0.05) is 42.1 Å². The Morgan fingerprint density at radius 3 is 2.79 bits per heavy atom. The zero-order valence-electron chi connectivity index (χ0n) is 13.7. The second-order valence-corrected chi connectivity index (χ2v) is 7.51. The maximum atomic E-state index is 4.53. The van der Waals surface area contributed by atoms with E-state index in [4.69, 9.17) is 0 Å². The van der Waals surface area contributed by atoms with Crippen molar-refractivity contribution in [2.24, 2.45) is 5.92 Å². The van der Waals surface area contributed by atoms with Gasteiger partial charge in [-0.2, -0.15) is 0 Å². The van der Waals surface area contributed by atoms with Gasteiger partial charge in [0.05, 0.1) is 0 Å². The lowest BCUT2D eigenvalue weighted by atomic mass is 9.94. The number of rotatable bonds is 5. The summed E-state index contributed by atoms with van der Waals surface area (Å²) in [5.74, 6) is 1.63. The van der Waals surface area contributed by atoms with Crippen LogP contribution in [0.1, 0.15) is 17.5 Å². The summed E-state index contributed by atoms with van der Waals surface area (Å²) in [5, 5.41) is 0.852. The van der Waals surface area contributed by atoms with Gasteiger partial charge in [0.1, 0.15) is 0 Å². The van der Waals surface area contributed by atoms with Crippen LogP contribution < -0.4 is 10.9 Å².